The summed E-state index contributed by atoms with van der Waals surface area (Å²) in [6.07, 6.45) is 4.24. The van der Waals surface area contributed by atoms with Crippen LogP contribution in [0.15, 0.2) is 4.52 Å². The van der Waals surface area contributed by atoms with Gasteiger partial charge in [-0.2, -0.15) is 0 Å². The Hall–Kier alpha value is -1.32. The van der Waals surface area contributed by atoms with Gasteiger partial charge in [-0.15, -0.1) is 0 Å². The van der Waals surface area contributed by atoms with Crippen molar-refractivity contribution in [3.05, 3.63) is 17.0 Å². The van der Waals surface area contributed by atoms with E-state index >= 15 is 0 Å². The second-order valence-corrected chi connectivity index (χ2v) is 5.88. The Morgan fingerprint density at radius 3 is 2.58 bits per heavy atom. The molecule has 1 rings (SSSR count). The molecule has 1 aromatic rings. The Bertz CT molecular complexity index is 422. The summed E-state index contributed by atoms with van der Waals surface area (Å²) in [5, 5.41) is 6.83. The Kier molecular flexibility index (Phi) is 5.58. The number of nitrogens with zero attached hydrogens (tertiary/aromatic N) is 1. The van der Waals surface area contributed by atoms with Crippen LogP contribution in [0.3, 0.4) is 0 Å². The lowest BCUT2D eigenvalue weighted by Crippen LogP contribution is -2.34. The number of aromatic nitrogens is 1. The van der Waals surface area contributed by atoms with Crippen molar-refractivity contribution in [2.75, 3.05) is 6.54 Å². The molecule has 4 nitrogen and oxygen atoms in total. The number of nitrogens with one attached hydrogen (secondary N) is 1. The van der Waals surface area contributed by atoms with Crippen LogP contribution in [0.1, 0.15) is 68.8 Å². The summed E-state index contributed by atoms with van der Waals surface area (Å²) in [5.41, 5.74) is 1.39. The summed E-state index contributed by atoms with van der Waals surface area (Å²) in [6, 6.07) is 0. The molecule has 108 valence electrons. The highest BCUT2D eigenvalue weighted by Gasteiger charge is 2.22. The molecule has 0 saturated carbocycles. The second-order valence-electron chi connectivity index (χ2n) is 5.88. The monoisotopic (exact) mass is 266 g/mol. The van der Waals surface area contributed by atoms with Gasteiger partial charge in [-0.1, -0.05) is 45.7 Å². The number of amides is 1. The lowest BCUT2D eigenvalue weighted by molar-refractivity contribution is 0.0924. The van der Waals surface area contributed by atoms with Gasteiger partial charge in [0, 0.05) is 18.5 Å². The number of carbonyl (C=O) groups is 1. The van der Waals surface area contributed by atoms with Crippen LogP contribution >= 0.6 is 0 Å². The van der Waals surface area contributed by atoms with Gasteiger partial charge in [0.05, 0.1) is 0 Å². The van der Waals surface area contributed by atoms with Crippen molar-refractivity contribution < 1.29 is 9.32 Å². The van der Waals surface area contributed by atoms with Crippen LogP contribution in [-0.4, -0.2) is 17.6 Å². The van der Waals surface area contributed by atoms with E-state index in [1.807, 2.05) is 13.8 Å². The molecule has 0 unspecified atom stereocenters. The molecule has 0 aromatic carbocycles. The predicted octanol–water partition coefficient (Wildman–Crippen LogP) is 3.49. The standard InChI is InChI=1S/C15H26N2O2/c1-6-8-9-15(4,5)10-16-14(18)13-11(3)12(7-2)19-17-13/h6-10H2,1-5H3,(H,16,18). The summed E-state index contributed by atoms with van der Waals surface area (Å²) >= 11 is 0. The van der Waals surface area contributed by atoms with Crippen LogP contribution in [-0.2, 0) is 6.42 Å². The third kappa shape index (κ3) is 4.37. The van der Waals surface area contributed by atoms with Gasteiger partial charge >= 0.3 is 0 Å². The van der Waals surface area contributed by atoms with Gasteiger partial charge in [0.1, 0.15) is 5.76 Å². The van der Waals surface area contributed by atoms with Gasteiger partial charge in [0.25, 0.3) is 5.91 Å². The minimum Gasteiger partial charge on any atom is -0.360 e. The third-order valence-electron chi connectivity index (χ3n) is 3.49. The van der Waals surface area contributed by atoms with E-state index < -0.39 is 0 Å². The molecule has 0 saturated heterocycles. The quantitative estimate of drug-likeness (QED) is 0.822. The molecule has 0 aliphatic heterocycles. The lowest BCUT2D eigenvalue weighted by Gasteiger charge is -2.24. The molecule has 0 radical (unpaired) electrons. The maximum Gasteiger partial charge on any atom is 0.273 e. The number of rotatable bonds is 7. The molecule has 0 aliphatic rings. The normalized spacial score (nSPS) is 11.6. The predicted molar refractivity (Wildman–Crippen MR) is 76.3 cm³/mol. The van der Waals surface area contributed by atoms with E-state index in [4.69, 9.17) is 4.52 Å². The second kappa shape index (κ2) is 6.73. The van der Waals surface area contributed by atoms with Gasteiger partial charge in [-0.3, -0.25) is 4.79 Å². The summed E-state index contributed by atoms with van der Waals surface area (Å²) in [5.74, 6) is 0.654. The van der Waals surface area contributed by atoms with E-state index in [1.54, 1.807) is 0 Å². The van der Waals surface area contributed by atoms with Crippen LogP contribution in [0, 0.1) is 12.3 Å². The maximum atomic E-state index is 12.1. The molecule has 0 fully saturated rings. The Morgan fingerprint density at radius 1 is 1.37 bits per heavy atom. The SMILES string of the molecule is CCCCC(C)(C)CNC(=O)c1noc(CC)c1C. The summed E-state index contributed by atoms with van der Waals surface area (Å²) in [6.45, 7) is 11.1. The Labute approximate surface area is 115 Å². The Morgan fingerprint density at radius 2 is 2.05 bits per heavy atom. The van der Waals surface area contributed by atoms with Crippen LogP contribution in [0.25, 0.3) is 0 Å². The van der Waals surface area contributed by atoms with Crippen molar-refractivity contribution >= 4 is 5.91 Å². The molecular weight excluding hydrogens is 240 g/mol. The molecule has 1 aromatic heterocycles. The maximum absolute atomic E-state index is 12.1. The van der Waals surface area contributed by atoms with Gasteiger partial charge < -0.3 is 9.84 Å². The largest absolute Gasteiger partial charge is 0.360 e. The number of aryl methyl sites for hydroxylation is 1. The van der Waals surface area contributed by atoms with E-state index in [2.05, 4.69) is 31.2 Å². The first-order valence-corrected chi connectivity index (χ1v) is 7.14. The molecular formula is C15H26N2O2. The van der Waals surface area contributed by atoms with E-state index in [9.17, 15) is 4.79 Å². The number of unbranched alkanes of at least 4 members (excludes halogenated alkanes) is 1. The van der Waals surface area contributed by atoms with Crippen molar-refractivity contribution in [1.29, 1.82) is 0 Å². The molecule has 0 atom stereocenters. The fourth-order valence-corrected chi connectivity index (χ4v) is 2.06. The van der Waals surface area contributed by atoms with Crippen LogP contribution in [0.5, 0.6) is 0 Å². The molecule has 4 heteroatoms. The molecule has 1 heterocycles. The highest BCUT2D eigenvalue weighted by molar-refractivity contribution is 5.93. The molecule has 1 N–H and O–H groups in total. The van der Waals surface area contributed by atoms with E-state index in [-0.39, 0.29) is 11.3 Å². The van der Waals surface area contributed by atoms with Crippen molar-refractivity contribution in [3.8, 4) is 0 Å². The Balaban J connectivity index is 2.57. The molecule has 0 bridgehead atoms. The van der Waals surface area contributed by atoms with E-state index in [0.29, 0.717) is 12.2 Å². The average molecular weight is 266 g/mol. The first kappa shape index (κ1) is 15.7. The molecule has 0 aliphatic carbocycles. The zero-order chi connectivity index (χ0) is 14.5. The van der Waals surface area contributed by atoms with Crippen LogP contribution < -0.4 is 5.32 Å². The molecule has 19 heavy (non-hydrogen) atoms. The minimum absolute atomic E-state index is 0.122. The number of carbonyl (C=O) groups excluding carboxylic acids is 1. The summed E-state index contributed by atoms with van der Waals surface area (Å²) in [4.78, 5) is 12.1. The van der Waals surface area contributed by atoms with E-state index in [1.165, 1.54) is 12.8 Å². The van der Waals surface area contributed by atoms with Gasteiger partial charge in [0.2, 0.25) is 0 Å². The zero-order valence-corrected chi connectivity index (χ0v) is 12.8. The third-order valence-corrected chi connectivity index (χ3v) is 3.49. The van der Waals surface area contributed by atoms with Crippen molar-refractivity contribution in [2.24, 2.45) is 5.41 Å². The van der Waals surface area contributed by atoms with Gasteiger partial charge in [0.15, 0.2) is 5.69 Å². The average Bonchev–Trinajstić information content (AvgIpc) is 2.75. The minimum atomic E-state index is -0.134. The van der Waals surface area contributed by atoms with Crippen molar-refractivity contribution in [2.45, 2.75) is 60.3 Å². The fourth-order valence-electron chi connectivity index (χ4n) is 2.06. The van der Waals surface area contributed by atoms with Crippen molar-refractivity contribution in [3.63, 3.8) is 0 Å². The number of hydrogen-bond donors (Lipinski definition) is 1. The highest BCUT2D eigenvalue weighted by atomic mass is 16.5. The van der Waals surface area contributed by atoms with Gasteiger partial charge in [-0.25, -0.2) is 0 Å². The first-order valence-electron chi connectivity index (χ1n) is 7.14. The zero-order valence-electron chi connectivity index (χ0n) is 12.8. The van der Waals surface area contributed by atoms with Crippen molar-refractivity contribution in [1.82, 2.24) is 10.5 Å². The summed E-state index contributed by atoms with van der Waals surface area (Å²) < 4.78 is 5.15. The lowest BCUT2D eigenvalue weighted by atomic mass is 9.87. The topological polar surface area (TPSA) is 55.1 Å². The first-order chi connectivity index (χ1) is 8.91. The molecule has 0 spiro atoms. The highest BCUT2D eigenvalue weighted by Crippen LogP contribution is 2.22. The number of hydrogen-bond acceptors (Lipinski definition) is 3. The molecule has 1 amide bonds. The fraction of sp³-hybridized carbons (Fsp3) is 0.733. The van der Waals surface area contributed by atoms with Gasteiger partial charge in [-0.05, 0) is 18.8 Å². The van der Waals surface area contributed by atoms with Crippen LogP contribution in [0.4, 0.5) is 0 Å². The van der Waals surface area contributed by atoms with E-state index in [0.717, 1.165) is 24.2 Å². The van der Waals surface area contributed by atoms with Crippen LogP contribution in [0.2, 0.25) is 0 Å². The summed E-state index contributed by atoms with van der Waals surface area (Å²) in [7, 11) is 0. The smallest absolute Gasteiger partial charge is 0.273 e.